The molecule has 4 nitrogen and oxygen atoms in total. The van der Waals surface area contributed by atoms with Crippen molar-refractivity contribution in [2.24, 2.45) is 0 Å². The Bertz CT molecular complexity index is 645. The maximum Gasteiger partial charge on any atom is 0.252 e. The van der Waals surface area contributed by atoms with Crippen LogP contribution in [0.3, 0.4) is 0 Å². The van der Waals surface area contributed by atoms with Crippen molar-refractivity contribution in [1.29, 1.82) is 0 Å². The zero-order chi connectivity index (χ0) is 15.9. The Labute approximate surface area is 131 Å². The van der Waals surface area contributed by atoms with E-state index in [9.17, 15) is 4.79 Å². The second kappa shape index (κ2) is 7.80. The summed E-state index contributed by atoms with van der Waals surface area (Å²) in [4.78, 5) is 15.0. The summed E-state index contributed by atoms with van der Waals surface area (Å²) < 4.78 is 5.62. The van der Waals surface area contributed by atoms with Crippen molar-refractivity contribution >= 4 is 0 Å². The Morgan fingerprint density at radius 1 is 1.14 bits per heavy atom. The van der Waals surface area contributed by atoms with Gasteiger partial charge in [-0.15, -0.1) is 0 Å². The quantitative estimate of drug-likeness (QED) is 0.771. The molecule has 0 saturated carbocycles. The van der Waals surface area contributed by atoms with Crippen LogP contribution in [0.4, 0.5) is 0 Å². The van der Waals surface area contributed by atoms with Crippen molar-refractivity contribution in [3.05, 3.63) is 52.3 Å². The number of hydrogen-bond acceptors (Lipinski definition) is 3. The fourth-order valence-corrected chi connectivity index (χ4v) is 2.20. The first-order valence-electron chi connectivity index (χ1n) is 7.80. The summed E-state index contributed by atoms with van der Waals surface area (Å²) in [5.74, 6) is 0.835. The van der Waals surface area contributed by atoms with E-state index < -0.39 is 0 Å². The highest BCUT2D eigenvalue weighted by Crippen LogP contribution is 2.20. The van der Waals surface area contributed by atoms with Crippen LogP contribution in [0.25, 0.3) is 11.3 Å². The monoisotopic (exact) mass is 300 g/mol. The maximum atomic E-state index is 12.1. The van der Waals surface area contributed by atoms with E-state index in [1.165, 1.54) is 0 Å². The summed E-state index contributed by atoms with van der Waals surface area (Å²) in [5.41, 5.74) is 2.52. The van der Waals surface area contributed by atoms with Gasteiger partial charge in [-0.3, -0.25) is 4.79 Å². The molecule has 0 aliphatic carbocycles. The maximum absolute atomic E-state index is 12.1. The van der Waals surface area contributed by atoms with E-state index in [4.69, 9.17) is 4.74 Å². The Kier molecular flexibility index (Phi) is 5.78. The van der Waals surface area contributed by atoms with Crippen LogP contribution in [-0.2, 0) is 6.54 Å². The Morgan fingerprint density at radius 3 is 2.45 bits per heavy atom. The summed E-state index contributed by atoms with van der Waals surface area (Å²) in [7, 11) is 0. The standard InChI is InChI=1S/C18H24N2O2/c1-4-11-19-12-15-7-10-17(20-18(15)21)14-5-8-16(9-6-14)22-13(2)3/h5-10,13,19H,4,11-12H2,1-3H3,(H,20,21). The van der Waals surface area contributed by atoms with E-state index in [2.05, 4.69) is 17.2 Å². The normalized spacial score (nSPS) is 10.9. The SMILES string of the molecule is CCCNCc1ccc(-c2ccc(OC(C)C)cc2)[nH]c1=O. The van der Waals surface area contributed by atoms with Gasteiger partial charge in [-0.1, -0.05) is 13.0 Å². The van der Waals surface area contributed by atoms with E-state index in [1.807, 2.05) is 50.2 Å². The van der Waals surface area contributed by atoms with Crippen LogP contribution in [0.1, 0.15) is 32.8 Å². The van der Waals surface area contributed by atoms with Crippen molar-refractivity contribution in [3.63, 3.8) is 0 Å². The second-order valence-electron chi connectivity index (χ2n) is 5.59. The highest BCUT2D eigenvalue weighted by molar-refractivity contribution is 5.60. The third kappa shape index (κ3) is 4.46. The number of rotatable bonds is 7. The molecule has 0 aliphatic rings. The molecule has 0 saturated heterocycles. The fraction of sp³-hybridized carbons (Fsp3) is 0.389. The van der Waals surface area contributed by atoms with Crippen LogP contribution in [-0.4, -0.2) is 17.6 Å². The van der Waals surface area contributed by atoms with Gasteiger partial charge in [0.15, 0.2) is 0 Å². The predicted molar refractivity (Wildman–Crippen MR) is 90.3 cm³/mol. The molecule has 0 fully saturated rings. The highest BCUT2D eigenvalue weighted by Gasteiger charge is 2.04. The van der Waals surface area contributed by atoms with Crippen LogP contribution < -0.4 is 15.6 Å². The molecule has 1 heterocycles. The Balaban J connectivity index is 2.12. The fourth-order valence-electron chi connectivity index (χ4n) is 2.20. The van der Waals surface area contributed by atoms with E-state index >= 15 is 0 Å². The summed E-state index contributed by atoms with van der Waals surface area (Å²) in [5, 5.41) is 3.24. The lowest BCUT2D eigenvalue weighted by atomic mass is 10.1. The van der Waals surface area contributed by atoms with Crippen LogP contribution in [0.15, 0.2) is 41.2 Å². The number of hydrogen-bond donors (Lipinski definition) is 2. The van der Waals surface area contributed by atoms with E-state index in [-0.39, 0.29) is 11.7 Å². The van der Waals surface area contributed by atoms with Gasteiger partial charge in [0.25, 0.3) is 5.56 Å². The topological polar surface area (TPSA) is 54.1 Å². The van der Waals surface area contributed by atoms with Gasteiger partial charge in [-0.2, -0.15) is 0 Å². The average Bonchev–Trinajstić information content (AvgIpc) is 2.49. The Hall–Kier alpha value is -2.07. The molecule has 0 bridgehead atoms. The number of ether oxygens (including phenoxy) is 1. The van der Waals surface area contributed by atoms with E-state index in [0.717, 1.165) is 35.5 Å². The van der Waals surface area contributed by atoms with Crippen LogP contribution >= 0.6 is 0 Å². The molecule has 1 aromatic heterocycles. The number of benzene rings is 1. The number of aromatic amines is 1. The van der Waals surface area contributed by atoms with Gasteiger partial charge < -0.3 is 15.0 Å². The van der Waals surface area contributed by atoms with Crippen LogP contribution in [0.5, 0.6) is 5.75 Å². The second-order valence-corrected chi connectivity index (χ2v) is 5.59. The van der Waals surface area contributed by atoms with E-state index in [1.54, 1.807) is 0 Å². The molecule has 118 valence electrons. The smallest absolute Gasteiger partial charge is 0.252 e. The van der Waals surface area contributed by atoms with Gasteiger partial charge in [0, 0.05) is 17.8 Å². The van der Waals surface area contributed by atoms with E-state index in [0.29, 0.717) is 6.54 Å². The van der Waals surface area contributed by atoms with Crippen LogP contribution in [0, 0.1) is 0 Å². The third-order valence-corrected chi connectivity index (χ3v) is 3.27. The molecule has 4 heteroatoms. The molecule has 2 N–H and O–H groups in total. The molecule has 2 rings (SSSR count). The van der Waals surface area contributed by atoms with Crippen molar-refractivity contribution < 1.29 is 4.74 Å². The number of nitrogens with one attached hydrogen (secondary N) is 2. The molecular formula is C18H24N2O2. The lowest BCUT2D eigenvalue weighted by Crippen LogP contribution is -2.21. The highest BCUT2D eigenvalue weighted by atomic mass is 16.5. The molecule has 0 radical (unpaired) electrons. The molecule has 1 aromatic carbocycles. The first kappa shape index (κ1) is 16.3. The van der Waals surface area contributed by atoms with Crippen molar-refractivity contribution in [3.8, 4) is 17.0 Å². The molecule has 2 aromatic rings. The lowest BCUT2D eigenvalue weighted by Gasteiger charge is -2.10. The average molecular weight is 300 g/mol. The number of aromatic nitrogens is 1. The predicted octanol–water partition coefficient (Wildman–Crippen LogP) is 3.33. The number of H-pyrrole nitrogens is 1. The number of pyridine rings is 1. The third-order valence-electron chi connectivity index (χ3n) is 3.27. The van der Waals surface area contributed by atoms with Crippen molar-refractivity contribution in [2.45, 2.75) is 39.8 Å². The summed E-state index contributed by atoms with van der Waals surface area (Å²) in [6.07, 6.45) is 1.21. The van der Waals surface area contributed by atoms with Crippen LogP contribution in [0.2, 0.25) is 0 Å². The van der Waals surface area contributed by atoms with Gasteiger partial charge in [0.1, 0.15) is 5.75 Å². The van der Waals surface area contributed by atoms with Gasteiger partial charge in [-0.05, 0) is 62.7 Å². The first-order valence-corrected chi connectivity index (χ1v) is 7.80. The molecule has 0 spiro atoms. The minimum absolute atomic E-state index is 0.0383. The van der Waals surface area contributed by atoms with Gasteiger partial charge in [0.05, 0.1) is 6.10 Å². The van der Waals surface area contributed by atoms with Gasteiger partial charge in [-0.25, -0.2) is 0 Å². The minimum atomic E-state index is -0.0383. The Morgan fingerprint density at radius 2 is 1.86 bits per heavy atom. The molecule has 22 heavy (non-hydrogen) atoms. The summed E-state index contributed by atoms with van der Waals surface area (Å²) in [6, 6.07) is 11.6. The molecule has 0 atom stereocenters. The van der Waals surface area contributed by atoms with Crippen molar-refractivity contribution in [2.75, 3.05) is 6.54 Å². The zero-order valence-corrected chi connectivity index (χ0v) is 13.5. The molecule has 0 unspecified atom stereocenters. The zero-order valence-electron chi connectivity index (χ0n) is 13.5. The molecule has 0 amide bonds. The molecular weight excluding hydrogens is 276 g/mol. The summed E-state index contributed by atoms with van der Waals surface area (Å²) >= 11 is 0. The van der Waals surface area contributed by atoms with Gasteiger partial charge in [0.2, 0.25) is 0 Å². The summed E-state index contributed by atoms with van der Waals surface area (Å²) in [6.45, 7) is 7.61. The molecule has 0 aliphatic heterocycles. The lowest BCUT2D eigenvalue weighted by molar-refractivity contribution is 0.242. The largest absolute Gasteiger partial charge is 0.491 e. The first-order chi connectivity index (χ1) is 10.6. The minimum Gasteiger partial charge on any atom is -0.491 e. The van der Waals surface area contributed by atoms with Crippen molar-refractivity contribution in [1.82, 2.24) is 10.3 Å². The van der Waals surface area contributed by atoms with Gasteiger partial charge >= 0.3 is 0 Å².